The van der Waals surface area contributed by atoms with Crippen molar-refractivity contribution in [2.45, 2.75) is 6.92 Å². The fourth-order valence-corrected chi connectivity index (χ4v) is 2.05. The van der Waals surface area contributed by atoms with Crippen LogP contribution in [0.25, 0.3) is 11.4 Å². The Hall–Kier alpha value is -2.57. The minimum absolute atomic E-state index is 1.17. The van der Waals surface area contributed by atoms with Crippen molar-refractivity contribution < 1.29 is 21.8 Å². The first-order valence-corrected chi connectivity index (χ1v) is 6.92. The topological polar surface area (TPSA) is 8.81 Å². The summed E-state index contributed by atoms with van der Waals surface area (Å²) in [5.74, 6) is 0. The van der Waals surface area contributed by atoms with Crippen LogP contribution in [-0.2, 0) is 0 Å². The second kappa shape index (κ2) is 7.13. The molecule has 23 heavy (non-hydrogen) atoms. The minimum Gasteiger partial charge on any atom is -0.418 e. The van der Waals surface area contributed by atoms with Crippen molar-refractivity contribution >= 4 is 7.25 Å². The fraction of sp³-hybridized carbons (Fsp3) is 0.0625. The van der Waals surface area contributed by atoms with Gasteiger partial charge in [0, 0.05) is 0 Å². The van der Waals surface area contributed by atoms with Crippen LogP contribution in [0.4, 0.5) is 17.3 Å². The van der Waals surface area contributed by atoms with Crippen LogP contribution in [0.1, 0.15) is 5.56 Å². The van der Waals surface area contributed by atoms with Gasteiger partial charge in [0.1, 0.15) is 23.8 Å². The maximum atomic E-state index is 9.75. The van der Waals surface area contributed by atoms with Gasteiger partial charge in [0.05, 0.1) is 0 Å². The van der Waals surface area contributed by atoms with Gasteiger partial charge in [-0.3, -0.25) is 0 Å². The van der Waals surface area contributed by atoms with E-state index in [1.54, 1.807) is 0 Å². The van der Waals surface area contributed by atoms with Gasteiger partial charge in [-0.05, 0) is 36.8 Å². The molecule has 2 nitrogen and oxygen atoms in total. The normalized spacial score (nSPS) is 10.8. The Balaban J connectivity index is 0.000000338. The van der Waals surface area contributed by atoms with Crippen LogP contribution in [0.5, 0.6) is 0 Å². The lowest BCUT2D eigenvalue weighted by Gasteiger charge is -1.97. The van der Waals surface area contributed by atoms with Crippen molar-refractivity contribution in [2.75, 3.05) is 0 Å². The third-order valence-electron chi connectivity index (χ3n) is 2.99. The van der Waals surface area contributed by atoms with Crippen LogP contribution >= 0.6 is 0 Å². The molecule has 0 unspecified atom stereocenters. The number of hydrogen-bond acceptors (Lipinski definition) is 0. The van der Waals surface area contributed by atoms with E-state index >= 15 is 0 Å². The van der Waals surface area contributed by atoms with Gasteiger partial charge in [-0.1, -0.05) is 30.3 Å². The minimum atomic E-state index is -6.00. The molecule has 0 aliphatic carbocycles. The summed E-state index contributed by atoms with van der Waals surface area (Å²) in [7, 11) is -6.00. The largest absolute Gasteiger partial charge is 0.673 e. The zero-order valence-corrected chi connectivity index (χ0v) is 12.4. The average Bonchev–Trinajstić information content (AvgIpc) is 2.96. The second-order valence-electron chi connectivity index (χ2n) is 4.90. The lowest BCUT2D eigenvalue weighted by Crippen LogP contribution is -2.27. The molecule has 0 aliphatic heterocycles. The van der Waals surface area contributed by atoms with Gasteiger partial charge in [0.25, 0.3) is 6.33 Å². The van der Waals surface area contributed by atoms with E-state index in [-0.39, 0.29) is 0 Å². The summed E-state index contributed by atoms with van der Waals surface area (Å²) in [6.45, 7) is 2.11. The van der Waals surface area contributed by atoms with E-state index in [9.17, 15) is 17.3 Å². The van der Waals surface area contributed by atoms with E-state index in [0.717, 1.165) is 0 Å². The molecule has 0 N–H and O–H groups in total. The molecule has 120 valence electrons. The summed E-state index contributed by atoms with van der Waals surface area (Å²) in [5, 5.41) is 0. The summed E-state index contributed by atoms with van der Waals surface area (Å²) in [6, 6.07) is 18.8. The molecular formula is C16H15BF4N2. The number of benzene rings is 2. The van der Waals surface area contributed by atoms with Crippen molar-refractivity contribution in [1.82, 2.24) is 4.57 Å². The van der Waals surface area contributed by atoms with Gasteiger partial charge in [-0.2, -0.15) is 0 Å². The summed E-state index contributed by atoms with van der Waals surface area (Å²) in [6.07, 6.45) is 6.23. The standard InChI is InChI=1S/C16H15N2.BF4/c1-14-6-5-9-16(12-14)18-11-10-17(13-18)15-7-3-2-4-8-15;2-1(3,4)5/h2-13H,1H3;/q+1;-1. The molecule has 0 amide bonds. The Bertz CT molecular complexity index is 748. The van der Waals surface area contributed by atoms with E-state index in [1.165, 1.54) is 16.9 Å². The van der Waals surface area contributed by atoms with E-state index < -0.39 is 7.25 Å². The average molecular weight is 322 g/mol. The first-order valence-electron chi connectivity index (χ1n) is 6.92. The Morgan fingerprint density at radius 2 is 1.57 bits per heavy atom. The highest BCUT2D eigenvalue weighted by molar-refractivity contribution is 6.50. The molecule has 3 aromatic rings. The fourth-order valence-electron chi connectivity index (χ4n) is 2.05. The Kier molecular flexibility index (Phi) is 5.21. The number of para-hydroxylation sites is 1. The maximum absolute atomic E-state index is 9.75. The highest BCUT2D eigenvalue weighted by Crippen LogP contribution is 2.09. The van der Waals surface area contributed by atoms with E-state index in [2.05, 4.69) is 71.2 Å². The van der Waals surface area contributed by atoms with Crippen LogP contribution in [-0.4, -0.2) is 11.8 Å². The Morgan fingerprint density at radius 3 is 2.17 bits per heavy atom. The van der Waals surface area contributed by atoms with Gasteiger partial charge >= 0.3 is 7.25 Å². The number of aryl methyl sites for hydroxylation is 1. The van der Waals surface area contributed by atoms with Gasteiger partial charge in [-0.15, -0.1) is 0 Å². The van der Waals surface area contributed by atoms with Crippen LogP contribution in [0.15, 0.2) is 73.3 Å². The van der Waals surface area contributed by atoms with Gasteiger partial charge in [-0.25, -0.2) is 9.13 Å². The van der Waals surface area contributed by atoms with E-state index in [0.29, 0.717) is 0 Å². The number of rotatable bonds is 2. The van der Waals surface area contributed by atoms with Crippen molar-refractivity contribution in [1.29, 1.82) is 0 Å². The molecule has 0 aliphatic rings. The molecule has 7 heteroatoms. The molecule has 3 rings (SSSR count). The predicted octanol–water partition coefficient (Wildman–Crippen LogP) is 4.36. The second-order valence-corrected chi connectivity index (χ2v) is 4.90. The third-order valence-corrected chi connectivity index (χ3v) is 2.99. The molecule has 1 aromatic heterocycles. The maximum Gasteiger partial charge on any atom is 0.673 e. The third kappa shape index (κ3) is 5.62. The van der Waals surface area contributed by atoms with Gasteiger partial charge in [0.2, 0.25) is 0 Å². The molecule has 1 heterocycles. The van der Waals surface area contributed by atoms with Crippen molar-refractivity contribution in [3.8, 4) is 11.4 Å². The molecule has 0 atom stereocenters. The molecule has 0 bridgehead atoms. The summed E-state index contributed by atoms with van der Waals surface area (Å²) >= 11 is 0. The summed E-state index contributed by atoms with van der Waals surface area (Å²) < 4.78 is 43.2. The predicted molar refractivity (Wildman–Crippen MR) is 82.2 cm³/mol. The summed E-state index contributed by atoms with van der Waals surface area (Å²) in [5.41, 5.74) is 3.63. The van der Waals surface area contributed by atoms with Crippen molar-refractivity contribution in [3.05, 3.63) is 78.9 Å². The molecule has 0 fully saturated rings. The number of imidazole rings is 1. The molecule has 0 saturated carbocycles. The highest BCUT2D eigenvalue weighted by atomic mass is 19.5. The van der Waals surface area contributed by atoms with E-state index in [4.69, 9.17) is 0 Å². The first kappa shape index (κ1) is 16.8. The quantitative estimate of drug-likeness (QED) is 0.376. The van der Waals surface area contributed by atoms with Crippen LogP contribution in [0, 0.1) is 6.92 Å². The zero-order valence-electron chi connectivity index (χ0n) is 12.4. The smallest absolute Gasteiger partial charge is 0.418 e. The van der Waals surface area contributed by atoms with Crippen molar-refractivity contribution in [3.63, 3.8) is 0 Å². The SMILES string of the molecule is Cc1cccc(-n2cc[n+](-c3ccccc3)c2)c1.F[B-](F)(F)F. The number of hydrogen-bond donors (Lipinski definition) is 0. The zero-order chi connectivity index (χ0) is 16.9. The molecule has 0 radical (unpaired) electrons. The number of halogens is 4. The van der Waals surface area contributed by atoms with Gasteiger partial charge in [0.15, 0.2) is 0 Å². The van der Waals surface area contributed by atoms with Crippen LogP contribution < -0.4 is 4.57 Å². The van der Waals surface area contributed by atoms with Crippen molar-refractivity contribution in [2.24, 2.45) is 0 Å². The monoisotopic (exact) mass is 322 g/mol. The lowest BCUT2D eigenvalue weighted by molar-refractivity contribution is -0.594. The first-order chi connectivity index (χ1) is 10.8. The number of aromatic nitrogens is 2. The Labute approximate surface area is 131 Å². The highest BCUT2D eigenvalue weighted by Gasteiger charge is 2.20. The molecule has 2 aromatic carbocycles. The number of nitrogens with zero attached hydrogens (tertiary/aromatic N) is 2. The van der Waals surface area contributed by atoms with E-state index in [1.807, 2.05) is 18.2 Å². The lowest BCUT2D eigenvalue weighted by atomic mass is 10.2. The molecular weight excluding hydrogens is 307 g/mol. The van der Waals surface area contributed by atoms with Gasteiger partial charge < -0.3 is 17.3 Å². The van der Waals surface area contributed by atoms with Crippen LogP contribution in [0.2, 0.25) is 0 Å². The summed E-state index contributed by atoms with van der Waals surface area (Å²) in [4.78, 5) is 0. The molecule has 0 saturated heterocycles. The molecule has 0 spiro atoms. The van der Waals surface area contributed by atoms with Crippen LogP contribution in [0.3, 0.4) is 0 Å². The Morgan fingerprint density at radius 1 is 0.913 bits per heavy atom.